The third-order valence-corrected chi connectivity index (χ3v) is 6.94. The van der Waals surface area contributed by atoms with Crippen LogP contribution in [0.15, 0.2) is 0 Å². The van der Waals surface area contributed by atoms with E-state index < -0.39 is 9.84 Å². The number of fused-ring (bicyclic) bond motifs is 2. The fourth-order valence-electron chi connectivity index (χ4n) is 3.40. The molecule has 2 aliphatic heterocycles. The molecule has 0 aromatic carbocycles. The lowest BCUT2D eigenvalue weighted by molar-refractivity contribution is 0.155. The van der Waals surface area contributed by atoms with Crippen molar-refractivity contribution in [2.45, 2.75) is 69.8 Å². The van der Waals surface area contributed by atoms with Crippen molar-refractivity contribution in [2.75, 3.05) is 18.8 Å². The van der Waals surface area contributed by atoms with Gasteiger partial charge in [0.25, 0.3) is 0 Å². The minimum Gasteiger partial charge on any atom is -0.311 e. The molecule has 2 bridgehead atoms. The Bertz CT molecular complexity index is 382. The number of hydrogen-bond acceptors (Lipinski definition) is 4. The second-order valence-corrected chi connectivity index (χ2v) is 8.98. The molecule has 2 saturated heterocycles. The lowest BCUT2D eigenvalue weighted by atomic mass is 9.98. The van der Waals surface area contributed by atoms with E-state index in [1.807, 2.05) is 0 Å². The Balaban J connectivity index is 1.90. The van der Waals surface area contributed by atoms with E-state index in [-0.39, 0.29) is 5.25 Å². The summed E-state index contributed by atoms with van der Waals surface area (Å²) in [5, 5.41) is 3.39. The van der Waals surface area contributed by atoms with E-state index in [9.17, 15) is 8.42 Å². The third-order valence-electron chi connectivity index (χ3n) is 4.75. The van der Waals surface area contributed by atoms with Crippen LogP contribution in [0.2, 0.25) is 0 Å². The molecule has 5 heteroatoms. The second-order valence-electron chi connectivity index (χ2n) is 6.31. The smallest absolute Gasteiger partial charge is 0.153 e. The molecule has 2 fully saturated rings. The second kappa shape index (κ2) is 6.10. The van der Waals surface area contributed by atoms with Crippen molar-refractivity contribution in [3.8, 4) is 0 Å². The molecule has 0 aromatic heterocycles. The summed E-state index contributed by atoms with van der Waals surface area (Å²) in [7, 11) is -2.91. The van der Waals surface area contributed by atoms with Gasteiger partial charge in [-0.05, 0) is 46.1 Å². The van der Waals surface area contributed by atoms with E-state index in [4.69, 9.17) is 0 Å². The van der Waals surface area contributed by atoms with Crippen LogP contribution >= 0.6 is 0 Å². The first-order valence-electron chi connectivity index (χ1n) is 7.64. The molecule has 2 atom stereocenters. The third kappa shape index (κ3) is 3.70. The molecule has 0 radical (unpaired) electrons. The van der Waals surface area contributed by atoms with Crippen LogP contribution in [-0.4, -0.2) is 55.5 Å². The molecular weight excluding hydrogens is 260 g/mol. The van der Waals surface area contributed by atoms with E-state index in [0.29, 0.717) is 30.4 Å². The zero-order valence-corrected chi connectivity index (χ0v) is 13.2. The molecule has 0 amide bonds. The fraction of sp³-hybridized carbons (Fsp3) is 1.00. The number of nitrogens with one attached hydrogen (secondary N) is 1. The van der Waals surface area contributed by atoms with Crippen molar-refractivity contribution in [3.05, 3.63) is 0 Å². The number of piperidine rings is 1. The van der Waals surface area contributed by atoms with E-state index in [1.165, 1.54) is 25.7 Å². The summed E-state index contributed by atoms with van der Waals surface area (Å²) in [4.78, 5) is 2.38. The maximum Gasteiger partial charge on any atom is 0.153 e. The molecule has 2 rings (SSSR count). The first-order chi connectivity index (χ1) is 8.92. The molecule has 2 aliphatic rings. The van der Waals surface area contributed by atoms with Crippen LogP contribution in [0.5, 0.6) is 0 Å². The van der Waals surface area contributed by atoms with Gasteiger partial charge in [0.15, 0.2) is 9.84 Å². The monoisotopic (exact) mass is 288 g/mol. The minimum atomic E-state index is -2.91. The molecule has 0 spiro atoms. The molecule has 0 saturated carbocycles. The van der Waals surface area contributed by atoms with Crippen LogP contribution in [0.1, 0.15) is 46.5 Å². The molecule has 0 aromatic rings. The fourth-order valence-corrected chi connectivity index (χ4v) is 4.36. The quantitative estimate of drug-likeness (QED) is 0.803. The molecular formula is C14H28N2O2S. The van der Waals surface area contributed by atoms with Crippen LogP contribution in [0.25, 0.3) is 0 Å². The Morgan fingerprint density at radius 2 is 1.79 bits per heavy atom. The van der Waals surface area contributed by atoms with Crippen molar-refractivity contribution in [2.24, 2.45) is 0 Å². The summed E-state index contributed by atoms with van der Waals surface area (Å²) < 4.78 is 23.9. The highest BCUT2D eigenvalue weighted by molar-refractivity contribution is 7.92. The van der Waals surface area contributed by atoms with Gasteiger partial charge in [-0.2, -0.15) is 0 Å². The normalized spacial score (nSPS) is 31.3. The number of sulfone groups is 1. The van der Waals surface area contributed by atoms with Crippen molar-refractivity contribution < 1.29 is 8.42 Å². The van der Waals surface area contributed by atoms with Crippen LogP contribution in [0.3, 0.4) is 0 Å². The number of nitrogens with zero attached hydrogens (tertiary/aromatic N) is 1. The van der Waals surface area contributed by atoms with E-state index in [1.54, 1.807) is 13.8 Å². The van der Waals surface area contributed by atoms with Crippen LogP contribution in [0, 0.1) is 0 Å². The van der Waals surface area contributed by atoms with Gasteiger partial charge < -0.3 is 5.32 Å². The molecule has 2 unspecified atom stereocenters. The predicted molar refractivity (Wildman–Crippen MR) is 79.1 cm³/mol. The summed E-state index contributed by atoms with van der Waals surface area (Å²) >= 11 is 0. The lowest BCUT2D eigenvalue weighted by Gasteiger charge is -2.37. The topological polar surface area (TPSA) is 49.4 Å². The van der Waals surface area contributed by atoms with Crippen molar-refractivity contribution in [1.82, 2.24) is 10.2 Å². The van der Waals surface area contributed by atoms with E-state index in [0.717, 1.165) is 6.54 Å². The standard InChI is InChI=1S/C14H28N2O2S/c1-4-16(7-8-19(17,18)11(2)3)14-9-12-5-6-13(10-14)15-12/h11-15H,4-10H2,1-3H3. The molecule has 4 nitrogen and oxygen atoms in total. The van der Waals surface area contributed by atoms with Gasteiger partial charge in [0.2, 0.25) is 0 Å². The highest BCUT2D eigenvalue weighted by Crippen LogP contribution is 2.29. The molecule has 112 valence electrons. The van der Waals surface area contributed by atoms with Gasteiger partial charge >= 0.3 is 0 Å². The van der Waals surface area contributed by atoms with E-state index >= 15 is 0 Å². The Morgan fingerprint density at radius 3 is 2.26 bits per heavy atom. The van der Waals surface area contributed by atoms with Crippen molar-refractivity contribution in [3.63, 3.8) is 0 Å². The molecule has 2 heterocycles. The maximum atomic E-state index is 11.9. The van der Waals surface area contributed by atoms with Gasteiger partial charge in [0.05, 0.1) is 11.0 Å². The Morgan fingerprint density at radius 1 is 1.21 bits per heavy atom. The van der Waals surface area contributed by atoms with Gasteiger partial charge in [-0.15, -0.1) is 0 Å². The summed E-state index contributed by atoms with van der Waals surface area (Å²) in [5.41, 5.74) is 0. The SMILES string of the molecule is CCN(CCS(=O)(=O)C(C)C)C1CC2CCC(C1)N2. The highest BCUT2D eigenvalue weighted by Gasteiger charge is 2.35. The Labute approximate surface area is 117 Å². The highest BCUT2D eigenvalue weighted by atomic mass is 32.2. The van der Waals surface area contributed by atoms with Gasteiger partial charge in [0, 0.05) is 24.7 Å². The summed E-state index contributed by atoms with van der Waals surface area (Å²) in [6.07, 6.45) is 4.96. The van der Waals surface area contributed by atoms with Crippen LogP contribution in [-0.2, 0) is 9.84 Å². The predicted octanol–water partition coefficient (Wildman–Crippen LogP) is 1.41. The zero-order chi connectivity index (χ0) is 14.0. The first kappa shape index (κ1) is 15.3. The first-order valence-corrected chi connectivity index (χ1v) is 9.35. The lowest BCUT2D eigenvalue weighted by Crippen LogP contribution is -2.49. The van der Waals surface area contributed by atoms with E-state index in [2.05, 4.69) is 17.1 Å². The molecule has 1 N–H and O–H groups in total. The van der Waals surface area contributed by atoms with Crippen molar-refractivity contribution in [1.29, 1.82) is 0 Å². The van der Waals surface area contributed by atoms with Gasteiger partial charge in [-0.1, -0.05) is 6.92 Å². The van der Waals surface area contributed by atoms with Gasteiger partial charge in [-0.3, -0.25) is 4.90 Å². The van der Waals surface area contributed by atoms with Crippen molar-refractivity contribution >= 4 is 9.84 Å². The largest absolute Gasteiger partial charge is 0.311 e. The Hall–Kier alpha value is -0.130. The minimum absolute atomic E-state index is 0.254. The molecule has 0 aliphatic carbocycles. The average Bonchev–Trinajstić information content (AvgIpc) is 2.69. The van der Waals surface area contributed by atoms with Gasteiger partial charge in [0.1, 0.15) is 0 Å². The summed E-state index contributed by atoms with van der Waals surface area (Å²) in [6, 6.07) is 1.91. The number of hydrogen-bond donors (Lipinski definition) is 1. The summed E-state index contributed by atoms with van der Waals surface area (Å²) in [5.74, 6) is 0.303. The summed E-state index contributed by atoms with van der Waals surface area (Å²) in [6.45, 7) is 7.34. The van der Waals surface area contributed by atoms with Crippen LogP contribution < -0.4 is 5.32 Å². The number of rotatable bonds is 6. The van der Waals surface area contributed by atoms with Crippen LogP contribution in [0.4, 0.5) is 0 Å². The average molecular weight is 288 g/mol. The zero-order valence-electron chi connectivity index (χ0n) is 12.4. The Kier molecular flexibility index (Phi) is 4.90. The van der Waals surface area contributed by atoms with Gasteiger partial charge in [-0.25, -0.2) is 8.42 Å². The molecule has 19 heavy (non-hydrogen) atoms. The maximum absolute atomic E-state index is 11.9.